The fourth-order valence-electron chi connectivity index (χ4n) is 1.46. The van der Waals surface area contributed by atoms with Gasteiger partial charge in [-0.1, -0.05) is 0 Å². The maximum absolute atomic E-state index is 4.54. The van der Waals surface area contributed by atoms with E-state index in [-0.39, 0.29) is 0 Å². The van der Waals surface area contributed by atoms with E-state index in [1.807, 2.05) is 25.7 Å². The summed E-state index contributed by atoms with van der Waals surface area (Å²) in [5.74, 6) is 4.91. The van der Waals surface area contributed by atoms with Gasteiger partial charge in [-0.15, -0.1) is 0 Å². The van der Waals surface area contributed by atoms with Crippen molar-refractivity contribution >= 4 is 17.6 Å². The summed E-state index contributed by atoms with van der Waals surface area (Å²) in [6.45, 7) is 4.10. The van der Waals surface area contributed by atoms with E-state index in [1.165, 1.54) is 11.5 Å². The Morgan fingerprint density at radius 1 is 1.29 bits per heavy atom. The average molecular weight is 209 g/mol. The van der Waals surface area contributed by atoms with Gasteiger partial charge in [0.05, 0.1) is 0 Å². The molecular formula is C10H15N3S. The first-order valence-corrected chi connectivity index (χ1v) is 5.98. The molecule has 0 aromatic carbocycles. The number of aromatic nitrogens is 2. The van der Waals surface area contributed by atoms with Crippen LogP contribution in [0.5, 0.6) is 0 Å². The van der Waals surface area contributed by atoms with Gasteiger partial charge in [0.25, 0.3) is 0 Å². The zero-order valence-corrected chi connectivity index (χ0v) is 9.61. The first-order chi connectivity index (χ1) is 6.72. The Bertz CT molecular complexity index is 347. The van der Waals surface area contributed by atoms with E-state index in [4.69, 9.17) is 0 Å². The van der Waals surface area contributed by atoms with Crippen LogP contribution >= 0.6 is 11.8 Å². The van der Waals surface area contributed by atoms with Crippen molar-refractivity contribution in [3.8, 4) is 0 Å². The summed E-state index contributed by atoms with van der Waals surface area (Å²) in [6.07, 6.45) is 0. The summed E-state index contributed by atoms with van der Waals surface area (Å²) in [7, 11) is 1.91. The van der Waals surface area contributed by atoms with Crippen LogP contribution in [-0.4, -0.2) is 28.5 Å². The molecule has 0 saturated carbocycles. The van der Waals surface area contributed by atoms with E-state index in [2.05, 4.69) is 22.2 Å². The molecule has 76 valence electrons. The third kappa shape index (κ3) is 1.59. The van der Waals surface area contributed by atoms with E-state index >= 15 is 0 Å². The van der Waals surface area contributed by atoms with Gasteiger partial charge < -0.3 is 5.32 Å². The molecule has 0 spiro atoms. The number of hydrogen-bond acceptors (Lipinski definition) is 4. The highest BCUT2D eigenvalue weighted by atomic mass is 32.2. The number of aryl methyl sites for hydroxylation is 1. The minimum atomic E-state index is 0.575. The van der Waals surface area contributed by atoms with E-state index in [0.29, 0.717) is 5.92 Å². The van der Waals surface area contributed by atoms with Gasteiger partial charge in [0.15, 0.2) is 0 Å². The van der Waals surface area contributed by atoms with Crippen molar-refractivity contribution in [2.45, 2.75) is 19.8 Å². The number of hydrogen-bond donors (Lipinski definition) is 1. The molecule has 1 fully saturated rings. The normalized spacial score (nSPS) is 16.5. The van der Waals surface area contributed by atoms with Crippen LogP contribution in [0.15, 0.2) is 0 Å². The van der Waals surface area contributed by atoms with E-state index in [1.54, 1.807) is 0 Å². The van der Waals surface area contributed by atoms with Gasteiger partial charge in [0.2, 0.25) is 0 Å². The molecule has 1 N–H and O–H groups in total. The van der Waals surface area contributed by atoms with Crippen molar-refractivity contribution in [2.24, 2.45) is 0 Å². The lowest BCUT2D eigenvalue weighted by Crippen LogP contribution is -2.20. The largest absolute Gasteiger partial charge is 0.373 e. The quantitative estimate of drug-likeness (QED) is 0.808. The van der Waals surface area contributed by atoms with Crippen LogP contribution in [0, 0.1) is 13.8 Å². The van der Waals surface area contributed by atoms with E-state index in [0.717, 1.165) is 22.9 Å². The minimum Gasteiger partial charge on any atom is -0.373 e. The zero-order chi connectivity index (χ0) is 10.1. The molecule has 14 heavy (non-hydrogen) atoms. The van der Waals surface area contributed by atoms with Crippen LogP contribution in [0.3, 0.4) is 0 Å². The molecule has 0 atom stereocenters. The molecule has 2 heterocycles. The Hall–Kier alpha value is -0.770. The second-order valence-corrected chi connectivity index (χ2v) is 4.70. The molecule has 1 aliphatic rings. The molecule has 0 radical (unpaired) electrons. The predicted molar refractivity (Wildman–Crippen MR) is 61.1 cm³/mol. The smallest absolute Gasteiger partial charge is 0.135 e. The lowest BCUT2D eigenvalue weighted by Gasteiger charge is -2.24. The molecule has 3 nitrogen and oxygen atoms in total. The van der Waals surface area contributed by atoms with Gasteiger partial charge in [-0.05, 0) is 13.8 Å². The van der Waals surface area contributed by atoms with Gasteiger partial charge in [-0.3, -0.25) is 0 Å². The van der Waals surface area contributed by atoms with Crippen LogP contribution in [0.4, 0.5) is 5.82 Å². The van der Waals surface area contributed by atoms with Crippen molar-refractivity contribution in [1.82, 2.24) is 9.97 Å². The second-order valence-electron chi connectivity index (χ2n) is 3.63. The molecule has 2 rings (SSSR count). The number of nitrogens with one attached hydrogen (secondary N) is 1. The van der Waals surface area contributed by atoms with Gasteiger partial charge >= 0.3 is 0 Å². The second kappa shape index (κ2) is 3.77. The maximum Gasteiger partial charge on any atom is 0.135 e. The number of thioether (sulfide) groups is 1. The summed E-state index contributed by atoms with van der Waals surface area (Å²) < 4.78 is 0. The van der Waals surface area contributed by atoms with Gasteiger partial charge in [-0.2, -0.15) is 11.8 Å². The molecule has 0 unspecified atom stereocenters. The Labute approximate surface area is 88.7 Å². The van der Waals surface area contributed by atoms with Crippen LogP contribution < -0.4 is 5.32 Å². The molecular weight excluding hydrogens is 194 g/mol. The topological polar surface area (TPSA) is 37.8 Å². The Morgan fingerprint density at radius 2 is 2.00 bits per heavy atom. The molecule has 1 saturated heterocycles. The Kier molecular flexibility index (Phi) is 2.63. The fraction of sp³-hybridized carbons (Fsp3) is 0.600. The lowest BCUT2D eigenvalue weighted by molar-refractivity contribution is 0.754. The number of rotatable bonds is 2. The van der Waals surface area contributed by atoms with E-state index < -0.39 is 0 Å². The van der Waals surface area contributed by atoms with Crippen molar-refractivity contribution in [1.29, 1.82) is 0 Å². The third-order valence-electron chi connectivity index (χ3n) is 2.65. The fourth-order valence-corrected chi connectivity index (χ4v) is 2.23. The molecule has 1 aromatic heterocycles. The molecule has 1 aromatic rings. The predicted octanol–water partition coefficient (Wildman–Crippen LogP) is 1.97. The first-order valence-electron chi connectivity index (χ1n) is 4.83. The van der Waals surface area contributed by atoms with E-state index in [9.17, 15) is 0 Å². The Morgan fingerprint density at radius 3 is 2.50 bits per heavy atom. The highest BCUT2D eigenvalue weighted by Crippen LogP contribution is 2.33. The van der Waals surface area contributed by atoms with Gasteiger partial charge in [-0.25, -0.2) is 9.97 Å². The van der Waals surface area contributed by atoms with Crippen LogP contribution in [0.25, 0.3) is 0 Å². The highest BCUT2D eigenvalue weighted by molar-refractivity contribution is 8.00. The standard InChI is InChI=1S/C10H15N3S/c1-6-7(2)12-10(8-4-14-5-8)13-9(6)11-3/h8H,4-5H2,1-3H3,(H,11,12,13). The van der Waals surface area contributed by atoms with Crippen molar-refractivity contribution in [3.63, 3.8) is 0 Å². The summed E-state index contributed by atoms with van der Waals surface area (Å²) in [6, 6.07) is 0. The Balaban J connectivity index is 2.37. The number of nitrogens with zero attached hydrogens (tertiary/aromatic N) is 2. The highest BCUT2D eigenvalue weighted by Gasteiger charge is 2.24. The molecule has 4 heteroatoms. The van der Waals surface area contributed by atoms with Gasteiger partial charge in [0, 0.05) is 35.7 Å². The molecule has 1 aliphatic heterocycles. The van der Waals surface area contributed by atoms with Crippen LogP contribution in [0.2, 0.25) is 0 Å². The van der Waals surface area contributed by atoms with Crippen LogP contribution in [0.1, 0.15) is 23.0 Å². The monoisotopic (exact) mass is 209 g/mol. The first kappa shape index (κ1) is 9.77. The maximum atomic E-state index is 4.54. The molecule has 0 aliphatic carbocycles. The molecule has 0 amide bonds. The summed E-state index contributed by atoms with van der Waals surface area (Å²) >= 11 is 1.96. The summed E-state index contributed by atoms with van der Waals surface area (Å²) in [4.78, 5) is 9.08. The van der Waals surface area contributed by atoms with Crippen LogP contribution in [-0.2, 0) is 0 Å². The summed E-state index contributed by atoms with van der Waals surface area (Å²) in [5, 5.41) is 3.12. The SMILES string of the molecule is CNc1nc(C2CSC2)nc(C)c1C. The molecule has 0 bridgehead atoms. The van der Waals surface area contributed by atoms with Gasteiger partial charge in [0.1, 0.15) is 11.6 Å². The number of anilines is 1. The van der Waals surface area contributed by atoms with Crippen molar-refractivity contribution < 1.29 is 0 Å². The third-order valence-corrected chi connectivity index (χ3v) is 3.92. The summed E-state index contributed by atoms with van der Waals surface area (Å²) in [5.41, 5.74) is 2.25. The zero-order valence-electron chi connectivity index (χ0n) is 8.79. The van der Waals surface area contributed by atoms with Crippen molar-refractivity contribution in [2.75, 3.05) is 23.9 Å². The lowest BCUT2D eigenvalue weighted by atomic mass is 10.1. The van der Waals surface area contributed by atoms with Crippen molar-refractivity contribution in [3.05, 3.63) is 17.1 Å². The minimum absolute atomic E-state index is 0.575. The average Bonchev–Trinajstić information content (AvgIpc) is 2.08.